The van der Waals surface area contributed by atoms with Crippen LogP contribution in [0, 0.1) is 5.41 Å². The van der Waals surface area contributed by atoms with Crippen molar-refractivity contribution in [2.75, 3.05) is 0 Å². The molecule has 8 heavy (non-hydrogen) atoms. The summed E-state index contributed by atoms with van der Waals surface area (Å²) in [6.07, 6.45) is 2.74. The lowest BCUT2D eigenvalue weighted by Gasteiger charge is -1.91. The molecule has 0 unspecified atom stereocenters. The largest absolute Gasteiger partial charge is 0.402 e. The van der Waals surface area contributed by atoms with Crippen molar-refractivity contribution in [2.24, 2.45) is 5.73 Å². The highest BCUT2D eigenvalue weighted by atomic mass is 14.6. The van der Waals surface area contributed by atoms with E-state index in [9.17, 15) is 0 Å². The molecule has 0 fully saturated rings. The van der Waals surface area contributed by atoms with Gasteiger partial charge in [0.05, 0.1) is 0 Å². The summed E-state index contributed by atoms with van der Waals surface area (Å²) in [5.41, 5.74) is 6.63. The monoisotopic (exact) mass is 110 g/mol. The standard InChI is InChI=1S/C6H10N2/c1-3-6(4-7)5(2)8/h3-4,7H,1,8H2,2H3. The molecule has 0 bridgehead atoms. The first kappa shape index (κ1) is 6.95. The van der Waals surface area contributed by atoms with Gasteiger partial charge in [0.1, 0.15) is 0 Å². The maximum absolute atomic E-state index is 6.76. The van der Waals surface area contributed by atoms with E-state index < -0.39 is 0 Å². The van der Waals surface area contributed by atoms with Gasteiger partial charge in [-0.1, -0.05) is 12.7 Å². The van der Waals surface area contributed by atoms with E-state index in [4.69, 9.17) is 11.1 Å². The summed E-state index contributed by atoms with van der Waals surface area (Å²) in [5, 5.41) is 6.76. The van der Waals surface area contributed by atoms with E-state index in [1.165, 1.54) is 6.21 Å². The zero-order valence-electron chi connectivity index (χ0n) is 4.94. The van der Waals surface area contributed by atoms with Gasteiger partial charge in [0.2, 0.25) is 0 Å². The molecular formula is C6H10N2. The molecule has 0 amide bonds. The molecule has 0 aromatic carbocycles. The van der Waals surface area contributed by atoms with Crippen molar-refractivity contribution in [3.8, 4) is 0 Å². The average molecular weight is 110 g/mol. The molecule has 0 rings (SSSR count). The van der Waals surface area contributed by atoms with Crippen molar-refractivity contribution >= 4 is 6.21 Å². The molecule has 0 aliphatic rings. The van der Waals surface area contributed by atoms with Crippen LogP contribution in [0.25, 0.3) is 0 Å². The Balaban J connectivity index is 4.30. The topological polar surface area (TPSA) is 49.9 Å². The SMILES string of the molecule is C=CC(C=N)=C(C)N. The van der Waals surface area contributed by atoms with Crippen molar-refractivity contribution in [3.05, 3.63) is 23.9 Å². The van der Waals surface area contributed by atoms with E-state index in [1.54, 1.807) is 13.0 Å². The molecule has 0 saturated carbocycles. The lowest BCUT2D eigenvalue weighted by molar-refractivity contribution is 1.29. The maximum Gasteiger partial charge on any atom is 0.0267 e. The van der Waals surface area contributed by atoms with Crippen molar-refractivity contribution in [1.29, 1.82) is 5.41 Å². The predicted molar refractivity (Wildman–Crippen MR) is 35.9 cm³/mol. The third-order valence-electron chi connectivity index (χ3n) is 0.831. The first-order valence-corrected chi connectivity index (χ1v) is 2.31. The second kappa shape index (κ2) is 3.02. The van der Waals surface area contributed by atoms with Gasteiger partial charge in [0.15, 0.2) is 0 Å². The smallest absolute Gasteiger partial charge is 0.0267 e. The molecule has 3 N–H and O–H groups in total. The summed E-state index contributed by atoms with van der Waals surface area (Å²) in [4.78, 5) is 0. The summed E-state index contributed by atoms with van der Waals surface area (Å²) in [7, 11) is 0. The summed E-state index contributed by atoms with van der Waals surface area (Å²) in [6.45, 7) is 5.20. The van der Waals surface area contributed by atoms with Gasteiger partial charge in [-0.05, 0) is 6.92 Å². The van der Waals surface area contributed by atoms with Gasteiger partial charge in [-0.3, -0.25) is 0 Å². The van der Waals surface area contributed by atoms with Crippen LogP contribution < -0.4 is 5.73 Å². The van der Waals surface area contributed by atoms with Gasteiger partial charge >= 0.3 is 0 Å². The van der Waals surface area contributed by atoms with Crippen LogP contribution in [0.15, 0.2) is 23.9 Å². The second-order valence-corrected chi connectivity index (χ2v) is 1.49. The fraction of sp³-hybridized carbons (Fsp3) is 0.167. The average Bonchev–Trinajstić information content (AvgIpc) is 1.69. The highest BCUT2D eigenvalue weighted by molar-refractivity contribution is 5.80. The first-order valence-electron chi connectivity index (χ1n) is 2.31. The minimum Gasteiger partial charge on any atom is -0.402 e. The Morgan fingerprint density at radius 1 is 1.75 bits per heavy atom. The van der Waals surface area contributed by atoms with Crippen molar-refractivity contribution in [2.45, 2.75) is 6.92 Å². The summed E-state index contributed by atoms with van der Waals surface area (Å²) in [5.74, 6) is 0. The molecule has 0 aliphatic carbocycles. The van der Waals surface area contributed by atoms with Crippen molar-refractivity contribution in [3.63, 3.8) is 0 Å². The molecule has 0 aliphatic heterocycles. The van der Waals surface area contributed by atoms with Gasteiger partial charge in [0.25, 0.3) is 0 Å². The van der Waals surface area contributed by atoms with E-state index in [0.717, 1.165) is 0 Å². The summed E-state index contributed by atoms with van der Waals surface area (Å²) >= 11 is 0. The zero-order chi connectivity index (χ0) is 6.57. The number of hydrogen-bond acceptors (Lipinski definition) is 2. The molecule has 2 heteroatoms. The zero-order valence-corrected chi connectivity index (χ0v) is 4.94. The molecular weight excluding hydrogens is 100 g/mol. The minimum atomic E-state index is 0.634. The van der Waals surface area contributed by atoms with Crippen LogP contribution in [0.1, 0.15) is 6.92 Å². The lowest BCUT2D eigenvalue weighted by atomic mass is 10.2. The van der Waals surface area contributed by atoms with E-state index in [1.807, 2.05) is 0 Å². The fourth-order valence-electron chi connectivity index (χ4n) is 0.334. The number of rotatable bonds is 2. The second-order valence-electron chi connectivity index (χ2n) is 1.49. The Labute approximate surface area is 49.2 Å². The van der Waals surface area contributed by atoms with Crippen LogP contribution in [0.4, 0.5) is 0 Å². The molecule has 0 atom stereocenters. The summed E-state index contributed by atoms with van der Waals surface area (Å²) < 4.78 is 0. The first-order chi connectivity index (χ1) is 3.72. The third kappa shape index (κ3) is 1.60. The van der Waals surface area contributed by atoms with E-state index >= 15 is 0 Å². The Kier molecular flexibility index (Phi) is 2.62. The Hall–Kier alpha value is -1.05. The number of hydrogen-bond donors (Lipinski definition) is 2. The quantitative estimate of drug-likeness (QED) is 0.405. The normalized spacial score (nSPS) is 12.1. The molecule has 0 saturated heterocycles. The minimum absolute atomic E-state index is 0.634. The van der Waals surface area contributed by atoms with Crippen LogP contribution in [-0.4, -0.2) is 6.21 Å². The maximum atomic E-state index is 6.76. The van der Waals surface area contributed by atoms with Gasteiger partial charge in [-0.2, -0.15) is 0 Å². The molecule has 0 radical (unpaired) electrons. The van der Waals surface area contributed by atoms with Gasteiger partial charge in [0, 0.05) is 17.5 Å². The molecule has 0 aromatic heterocycles. The predicted octanol–water partition coefficient (Wildman–Crippen LogP) is 1.05. The Morgan fingerprint density at radius 2 is 2.25 bits per heavy atom. The van der Waals surface area contributed by atoms with E-state index in [-0.39, 0.29) is 0 Å². The molecule has 44 valence electrons. The van der Waals surface area contributed by atoms with Crippen LogP contribution in [0.5, 0.6) is 0 Å². The van der Waals surface area contributed by atoms with E-state index in [2.05, 4.69) is 6.58 Å². The van der Waals surface area contributed by atoms with Gasteiger partial charge in [-0.25, -0.2) is 0 Å². The van der Waals surface area contributed by atoms with Crippen molar-refractivity contribution in [1.82, 2.24) is 0 Å². The Bertz CT molecular complexity index is 119. The number of nitrogens with one attached hydrogen (secondary N) is 1. The van der Waals surface area contributed by atoms with Crippen molar-refractivity contribution < 1.29 is 0 Å². The van der Waals surface area contributed by atoms with Crippen LogP contribution in [0.3, 0.4) is 0 Å². The lowest BCUT2D eigenvalue weighted by Crippen LogP contribution is -1.96. The molecule has 2 nitrogen and oxygen atoms in total. The van der Waals surface area contributed by atoms with Crippen LogP contribution in [0.2, 0.25) is 0 Å². The van der Waals surface area contributed by atoms with Crippen LogP contribution >= 0.6 is 0 Å². The Morgan fingerprint density at radius 3 is 2.25 bits per heavy atom. The molecule has 0 heterocycles. The van der Waals surface area contributed by atoms with Crippen LogP contribution in [-0.2, 0) is 0 Å². The number of nitrogens with two attached hydrogens (primary N) is 1. The highest BCUT2D eigenvalue weighted by Crippen LogP contribution is 1.93. The summed E-state index contributed by atoms with van der Waals surface area (Å²) in [6, 6.07) is 0. The van der Waals surface area contributed by atoms with Gasteiger partial charge in [-0.15, -0.1) is 0 Å². The number of allylic oxidation sites excluding steroid dienone is 3. The third-order valence-corrected chi connectivity index (χ3v) is 0.831. The molecule has 0 aromatic rings. The van der Waals surface area contributed by atoms with E-state index in [0.29, 0.717) is 11.3 Å². The highest BCUT2D eigenvalue weighted by Gasteiger charge is 1.84. The van der Waals surface area contributed by atoms with Gasteiger partial charge < -0.3 is 11.1 Å². The fourth-order valence-corrected chi connectivity index (χ4v) is 0.334. The molecule has 0 spiro atoms.